The van der Waals surface area contributed by atoms with Crippen LogP contribution in [0.15, 0.2) is 0 Å². The fourth-order valence-electron chi connectivity index (χ4n) is 2.11. The quantitative estimate of drug-likeness (QED) is 0.429. The molecule has 0 saturated heterocycles. The minimum absolute atomic E-state index is 0. The molecule has 3 heteroatoms. The van der Waals surface area contributed by atoms with Crippen molar-refractivity contribution < 1.29 is 31.0 Å². The molecule has 0 fully saturated rings. The van der Waals surface area contributed by atoms with Crippen molar-refractivity contribution in [2.75, 3.05) is 0 Å². The van der Waals surface area contributed by atoms with E-state index in [0.717, 1.165) is 6.42 Å². The Balaban J connectivity index is -0.00000128. The van der Waals surface area contributed by atoms with Gasteiger partial charge < -0.3 is 7.16 Å². The molecule has 0 heterocycles. The summed E-state index contributed by atoms with van der Waals surface area (Å²) in [6, 6.07) is 2.23. The first-order valence-corrected chi connectivity index (χ1v) is 7.43. The van der Waals surface area contributed by atoms with Crippen LogP contribution in [0, 0.1) is 11.3 Å². The van der Waals surface area contributed by atoms with Gasteiger partial charge in [-0.3, -0.25) is 0 Å². The second kappa shape index (κ2) is 17.4. The molecule has 18 heavy (non-hydrogen) atoms. The van der Waals surface area contributed by atoms with E-state index in [1.54, 1.807) is 0 Å². The zero-order valence-corrected chi connectivity index (χ0v) is 14.6. The van der Waals surface area contributed by atoms with E-state index >= 15 is 0 Å². The number of hydrogen-bond acceptors (Lipinski definition) is 2. The molecule has 0 aliphatic carbocycles. The molecule has 0 spiro atoms. The molecule has 0 saturated carbocycles. The first-order valence-electron chi connectivity index (χ1n) is 7.43. The summed E-state index contributed by atoms with van der Waals surface area (Å²) in [5.74, 6) is 0. The fourth-order valence-corrected chi connectivity index (χ4v) is 2.11. The smallest absolute Gasteiger partial charge is 1.00 e. The Morgan fingerprint density at radius 3 is 1.83 bits per heavy atom. The number of hydrogen-bond donors (Lipinski definition) is 1. The van der Waals surface area contributed by atoms with Gasteiger partial charge in [0, 0.05) is 6.04 Å². The monoisotopic (exact) mass is 262 g/mol. The van der Waals surface area contributed by atoms with Gasteiger partial charge in [-0.2, -0.15) is 5.26 Å². The molecule has 1 atom stereocenters. The molecule has 102 valence electrons. The van der Waals surface area contributed by atoms with Gasteiger partial charge in [0.05, 0.1) is 12.5 Å². The summed E-state index contributed by atoms with van der Waals surface area (Å²) in [6.07, 6.45) is 15.1. The molecule has 0 aromatic carbocycles. The first kappa shape index (κ1) is 20.8. The van der Waals surface area contributed by atoms with Gasteiger partial charge in [0.25, 0.3) is 0 Å². The van der Waals surface area contributed by atoms with E-state index in [1.807, 2.05) is 0 Å². The van der Waals surface area contributed by atoms with E-state index in [4.69, 9.17) is 11.0 Å². The molecule has 0 aromatic rings. The van der Waals surface area contributed by atoms with Crippen LogP contribution in [0.1, 0.15) is 85.4 Å². The summed E-state index contributed by atoms with van der Waals surface area (Å²) in [4.78, 5) is 0. The summed E-state index contributed by atoms with van der Waals surface area (Å²) in [6.45, 7) is 2.26. The van der Waals surface area contributed by atoms with Crippen molar-refractivity contribution in [2.24, 2.45) is 5.73 Å². The van der Waals surface area contributed by atoms with E-state index in [9.17, 15) is 0 Å². The van der Waals surface area contributed by atoms with Gasteiger partial charge in [0.2, 0.25) is 0 Å². The van der Waals surface area contributed by atoms with Crippen molar-refractivity contribution in [3.8, 4) is 6.07 Å². The molecule has 0 radical (unpaired) electrons. The van der Waals surface area contributed by atoms with Gasteiger partial charge in [0.15, 0.2) is 0 Å². The SMILES string of the molecule is CCCCCCCCCCCCC(N)CC#N.[H-].[Na+]. The van der Waals surface area contributed by atoms with Crippen molar-refractivity contribution >= 4 is 0 Å². The average molecular weight is 262 g/mol. The Morgan fingerprint density at radius 2 is 1.39 bits per heavy atom. The molecule has 0 amide bonds. The summed E-state index contributed by atoms with van der Waals surface area (Å²) in [7, 11) is 0. The molecule has 0 aliphatic heterocycles. The van der Waals surface area contributed by atoms with Gasteiger partial charge in [-0.25, -0.2) is 0 Å². The van der Waals surface area contributed by atoms with Crippen LogP contribution in [0.2, 0.25) is 0 Å². The van der Waals surface area contributed by atoms with Crippen LogP contribution in [0.4, 0.5) is 0 Å². The fraction of sp³-hybridized carbons (Fsp3) is 0.933. The summed E-state index contributed by atoms with van der Waals surface area (Å²) in [5.41, 5.74) is 5.77. The van der Waals surface area contributed by atoms with Gasteiger partial charge in [-0.05, 0) is 6.42 Å². The Morgan fingerprint density at radius 1 is 0.944 bits per heavy atom. The van der Waals surface area contributed by atoms with Crippen molar-refractivity contribution in [3.63, 3.8) is 0 Å². The molecule has 1 unspecified atom stereocenters. The second-order valence-electron chi connectivity index (χ2n) is 5.09. The van der Waals surface area contributed by atoms with E-state index in [-0.39, 0.29) is 37.0 Å². The van der Waals surface area contributed by atoms with Crippen LogP contribution in [0.25, 0.3) is 0 Å². The standard InChI is InChI=1S/C15H30N2.Na.H/c1-2-3-4-5-6-7-8-9-10-11-12-15(17)13-14-16;;/h15H,2-13,17H2,1H3;;/q;+1;-1. The molecule has 2 N–H and O–H groups in total. The molecule has 0 aliphatic rings. The van der Waals surface area contributed by atoms with E-state index in [0.29, 0.717) is 6.42 Å². The number of nitriles is 1. The average Bonchev–Trinajstić information content (AvgIpc) is 2.32. The van der Waals surface area contributed by atoms with Crippen molar-refractivity contribution in [2.45, 2.75) is 90.0 Å². The van der Waals surface area contributed by atoms with Crippen molar-refractivity contribution in [1.82, 2.24) is 0 Å². The minimum Gasteiger partial charge on any atom is -1.00 e. The normalized spacial score (nSPS) is 11.6. The van der Waals surface area contributed by atoms with E-state index in [1.165, 1.54) is 64.2 Å². The van der Waals surface area contributed by atoms with Crippen LogP contribution in [0.5, 0.6) is 0 Å². The first-order chi connectivity index (χ1) is 8.31. The van der Waals surface area contributed by atoms with Crippen LogP contribution < -0.4 is 35.3 Å². The van der Waals surface area contributed by atoms with Crippen molar-refractivity contribution in [1.29, 1.82) is 5.26 Å². The van der Waals surface area contributed by atoms with Gasteiger partial charge >= 0.3 is 29.6 Å². The van der Waals surface area contributed by atoms with Crippen LogP contribution in [-0.2, 0) is 0 Å². The molecule has 2 nitrogen and oxygen atoms in total. The van der Waals surface area contributed by atoms with Crippen LogP contribution >= 0.6 is 0 Å². The summed E-state index contributed by atoms with van der Waals surface area (Å²) >= 11 is 0. The molecule has 0 rings (SSSR count). The van der Waals surface area contributed by atoms with E-state index in [2.05, 4.69) is 13.0 Å². The van der Waals surface area contributed by atoms with Crippen LogP contribution in [-0.4, -0.2) is 6.04 Å². The molecule has 0 aromatic heterocycles. The maximum absolute atomic E-state index is 8.47. The summed E-state index contributed by atoms with van der Waals surface area (Å²) in [5, 5.41) is 8.47. The van der Waals surface area contributed by atoms with Crippen LogP contribution in [0.3, 0.4) is 0 Å². The van der Waals surface area contributed by atoms with E-state index < -0.39 is 0 Å². The zero-order chi connectivity index (χ0) is 12.8. The largest absolute Gasteiger partial charge is 1.00 e. The third kappa shape index (κ3) is 16.4. The Bertz CT molecular complexity index is 195. The van der Waals surface area contributed by atoms with Gasteiger partial charge in [-0.1, -0.05) is 71.1 Å². The second-order valence-corrected chi connectivity index (χ2v) is 5.09. The third-order valence-electron chi connectivity index (χ3n) is 3.28. The number of rotatable bonds is 12. The summed E-state index contributed by atoms with van der Waals surface area (Å²) < 4.78 is 0. The molecule has 0 bridgehead atoms. The predicted molar refractivity (Wildman–Crippen MR) is 75.8 cm³/mol. The number of unbranched alkanes of at least 4 members (excludes halogenated alkanes) is 9. The molecular formula is C15H31N2Na. The van der Waals surface area contributed by atoms with Gasteiger partial charge in [-0.15, -0.1) is 0 Å². The predicted octanol–water partition coefficient (Wildman–Crippen LogP) is 1.65. The molecular weight excluding hydrogens is 231 g/mol. The topological polar surface area (TPSA) is 49.8 Å². The minimum atomic E-state index is 0. The maximum atomic E-state index is 8.47. The Kier molecular flexibility index (Phi) is 20.1. The Labute approximate surface area is 137 Å². The Hall–Kier alpha value is 0.450. The number of nitrogens with two attached hydrogens (primary N) is 1. The zero-order valence-electron chi connectivity index (χ0n) is 13.6. The number of nitrogens with zero attached hydrogens (tertiary/aromatic N) is 1. The van der Waals surface area contributed by atoms with Gasteiger partial charge in [0.1, 0.15) is 0 Å². The van der Waals surface area contributed by atoms with Crippen molar-refractivity contribution in [3.05, 3.63) is 0 Å². The maximum Gasteiger partial charge on any atom is 1.00 e. The third-order valence-corrected chi connectivity index (χ3v) is 3.28.